The van der Waals surface area contributed by atoms with Crippen LogP contribution in [0.3, 0.4) is 0 Å². The van der Waals surface area contributed by atoms with Crippen molar-refractivity contribution in [2.45, 2.75) is 63.7 Å². The summed E-state index contributed by atoms with van der Waals surface area (Å²) in [6.07, 6.45) is -0.321. The molecule has 0 aromatic carbocycles. The van der Waals surface area contributed by atoms with E-state index in [0.29, 0.717) is 0 Å². The summed E-state index contributed by atoms with van der Waals surface area (Å²) in [5, 5.41) is 25.8. The Hall–Kier alpha value is -3.46. The van der Waals surface area contributed by atoms with E-state index in [4.69, 9.17) is 22.9 Å². The van der Waals surface area contributed by atoms with E-state index in [1.54, 1.807) is 13.8 Å². The van der Waals surface area contributed by atoms with Crippen LogP contribution >= 0.6 is 0 Å². The molecule has 15 nitrogen and oxygen atoms in total. The topological polar surface area (TPSA) is 278 Å². The number of aliphatic hydroxyl groups excluding tert-OH is 1. The molecule has 0 aromatic rings. The van der Waals surface area contributed by atoms with Crippen LogP contribution in [0.5, 0.6) is 0 Å². The largest absolute Gasteiger partial charge is 0.480 e. The summed E-state index contributed by atoms with van der Waals surface area (Å²) in [4.78, 5) is 63.8. The molecule has 0 radical (unpaired) electrons. The van der Waals surface area contributed by atoms with Crippen LogP contribution in [0.25, 0.3) is 0 Å². The summed E-state index contributed by atoms with van der Waals surface area (Å²) in [6, 6.07) is -5.07. The third kappa shape index (κ3) is 12.0. The second-order valence-electron chi connectivity index (χ2n) is 7.93. The molecule has 34 heavy (non-hydrogen) atoms. The van der Waals surface area contributed by atoms with Gasteiger partial charge in [-0.15, -0.1) is 0 Å². The molecular weight excluding hydrogens is 452 g/mol. The number of guanidine groups is 1. The first-order valence-corrected chi connectivity index (χ1v) is 10.6. The molecule has 0 heterocycles. The molecule has 0 saturated carbocycles. The highest BCUT2D eigenvalue weighted by Crippen LogP contribution is 2.04. The van der Waals surface area contributed by atoms with Crippen LogP contribution in [0.1, 0.15) is 39.5 Å². The van der Waals surface area contributed by atoms with E-state index in [9.17, 15) is 34.2 Å². The van der Waals surface area contributed by atoms with E-state index in [0.717, 1.165) is 0 Å². The number of aliphatic imine (C=N–C) groups is 1. The lowest BCUT2D eigenvalue weighted by Crippen LogP contribution is -2.58. The Morgan fingerprint density at radius 2 is 1.38 bits per heavy atom. The first-order chi connectivity index (χ1) is 15.8. The van der Waals surface area contributed by atoms with Crippen LogP contribution in [0.15, 0.2) is 4.99 Å². The molecule has 15 heteroatoms. The van der Waals surface area contributed by atoms with Crippen molar-refractivity contribution in [2.75, 3.05) is 13.2 Å². The lowest BCUT2D eigenvalue weighted by atomic mass is 10.0. The highest BCUT2D eigenvalue weighted by molar-refractivity contribution is 5.94. The number of rotatable bonds is 16. The molecule has 0 rings (SSSR count). The number of aliphatic carboxylic acids is 1. The monoisotopic (exact) mass is 488 g/mol. The number of carboxylic acid groups (broad SMARTS) is 1. The van der Waals surface area contributed by atoms with Gasteiger partial charge in [-0.2, -0.15) is 0 Å². The van der Waals surface area contributed by atoms with E-state index >= 15 is 0 Å². The van der Waals surface area contributed by atoms with Gasteiger partial charge in [-0.25, -0.2) is 4.79 Å². The van der Waals surface area contributed by atoms with E-state index in [1.165, 1.54) is 0 Å². The number of carbonyl (C=O) groups excluding carboxylic acids is 4. The Kier molecular flexibility index (Phi) is 13.8. The van der Waals surface area contributed by atoms with Gasteiger partial charge in [0.05, 0.1) is 12.6 Å². The van der Waals surface area contributed by atoms with Gasteiger partial charge >= 0.3 is 5.97 Å². The number of hydrogen-bond donors (Lipinski definition) is 9. The van der Waals surface area contributed by atoms with E-state index in [-0.39, 0.29) is 44.1 Å². The smallest absolute Gasteiger partial charge is 0.326 e. The van der Waals surface area contributed by atoms with Crippen LogP contribution in [0.2, 0.25) is 0 Å². The minimum Gasteiger partial charge on any atom is -0.480 e. The Morgan fingerprint density at radius 3 is 1.85 bits per heavy atom. The predicted molar refractivity (Wildman–Crippen MR) is 122 cm³/mol. The van der Waals surface area contributed by atoms with Crippen molar-refractivity contribution in [3.05, 3.63) is 0 Å². The molecule has 4 atom stereocenters. The lowest BCUT2D eigenvalue weighted by Gasteiger charge is -2.24. The fourth-order valence-electron chi connectivity index (χ4n) is 2.63. The van der Waals surface area contributed by atoms with E-state index in [1.807, 2.05) is 0 Å². The summed E-state index contributed by atoms with van der Waals surface area (Å²) < 4.78 is 0. The molecule has 0 fully saturated rings. The van der Waals surface area contributed by atoms with Crippen LogP contribution in [0, 0.1) is 5.92 Å². The number of nitrogens with two attached hydrogens (primary N) is 4. The van der Waals surface area contributed by atoms with Gasteiger partial charge in [0.1, 0.15) is 18.1 Å². The summed E-state index contributed by atoms with van der Waals surface area (Å²) in [7, 11) is 0. The SMILES string of the molecule is CC(C)C(N)C(=O)NC(CO)C(=O)NC(CCC(N)=O)C(=O)NC(CCCN=C(N)N)C(=O)O. The fourth-order valence-corrected chi connectivity index (χ4v) is 2.63. The van der Waals surface area contributed by atoms with Crippen molar-refractivity contribution in [3.63, 3.8) is 0 Å². The maximum Gasteiger partial charge on any atom is 0.326 e. The van der Waals surface area contributed by atoms with Gasteiger partial charge in [0.15, 0.2) is 5.96 Å². The van der Waals surface area contributed by atoms with Crippen LogP contribution in [-0.4, -0.2) is 83.1 Å². The maximum absolute atomic E-state index is 12.7. The normalized spacial score (nSPS) is 14.3. The fraction of sp³-hybridized carbons (Fsp3) is 0.684. The van der Waals surface area contributed by atoms with Gasteiger partial charge < -0.3 is 49.1 Å². The van der Waals surface area contributed by atoms with Gasteiger partial charge in [-0.05, 0) is 25.2 Å². The molecule has 0 aliphatic rings. The predicted octanol–water partition coefficient (Wildman–Crippen LogP) is -4.18. The Balaban J connectivity index is 5.33. The highest BCUT2D eigenvalue weighted by Gasteiger charge is 2.30. The molecule has 0 saturated heterocycles. The minimum atomic E-state index is -1.43. The van der Waals surface area contributed by atoms with E-state index < -0.39 is 60.4 Å². The molecule has 0 aromatic heterocycles. The van der Waals surface area contributed by atoms with Crippen molar-refractivity contribution >= 4 is 35.6 Å². The van der Waals surface area contributed by atoms with Crippen molar-refractivity contribution < 1.29 is 34.2 Å². The van der Waals surface area contributed by atoms with Crippen molar-refractivity contribution in [1.82, 2.24) is 16.0 Å². The number of nitrogens with one attached hydrogen (secondary N) is 3. The third-order valence-corrected chi connectivity index (χ3v) is 4.71. The summed E-state index contributed by atoms with van der Waals surface area (Å²) in [6.45, 7) is 2.73. The summed E-state index contributed by atoms with van der Waals surface area (Å²) in [5.41, 5.74) is 21.3. The Morgan fingerprint density at radius 1 is 0.853 bits per heavy atom. The standard InChI is InChI=1S/C19H36N8O7/c1-9(2)14(21)17(32)27-12(8-28)16(31)25-10(5-6-13(20)29)15(30)26-11(18(33)34)4-3-7-24-19(22)23/h9-12,14,28H,3-8,21H2,1-2H3,(H2,20,29)(H,25,31)(H,26,30)(H,27,32)(H,33,34)(H4,22,23,24). The van der Waals surface area contributed by atoms with Gasteiger partial charge in [-0.3, -0.25) is 24.2 Å². The summed E-state index contributed by atoms with van der Waals surface area (Å²) in [5.74, 6) is -5.01. The average molecular weight is 489 g/mol. The zero-order valence-corrected chi connectivity index (χ0v) is 19.3. The summed E-state index contributed by atoms with van der Waals surface area (Å²) >= 11 is 0. The molecular formula is C19H36N8O7. The number of primary amides is 1. The molecule has 0 aliphatic heterocycles. The van der Waals surface area contributed by atoms with Crippen molar-refractivity contribution in [1.29, 1.82) is 0 Å². The zero-order valence-electron chi connectivity index (χ0n) is 19.3. The van der Waals surface area contributed by atoms with E-state index in [2.05, 4.69) is 20.9 Å². The van der Waals surface area contributed by atoms with Crippen molar-refractivity contribution in [3.8, 4) is 0 Å². The van der Waals surface area contributed by atoms with Gasteiger partial charge in [0.25, 0.3) is 0 Å². The average Bonchev–Trinajstić information content (AvgIpc) is 2.75. The quantitative estimate of drug-likeness (QED) is 0.0573. The number of aliphatic hydroxyl groups is 1. The van der Waals surface area contributed by atoms with Crippen molar-refractivity contribution in [2.24, 2.45) is 33.8 Å². The maximum atomic E-state index is 12.7. The molecule has 0 aliphatic carbocycles. The number of nitrogens with zero attached hydrogens (tertiary/aromatic N) is 1. The number of hydrogen-bond acceptors (Lipinski definition) is 8. The Bertz CT molecular complexity index is 755. The van der Waals surface area contributed by atoms with Crippen LogP contribution in [0.4, 0.5) is 0 Å². The second-order valence-corrected chi connectivity index (χ2v) is 7.93. The van der Waals surface area contributed by atoms with Gasteiger partial charge in [0.2, 0.25) is 23.6 Å². The number of carboxylic acids is 1. The number of carbonyl (C=O) groups is 5. The highest BCUT2D eigenvalue weighted by atomic mass is 16.4. The molecule has 13 N–H and O–H groups in total. The molecule has 4 unspecified atom stereocenters. The Labute approximate surface area is 197 Å². The first-order valence-electron chi connectivity index (χ1n) is 10.6. The molecule has 0 spiro atoms. The van der Waals surface area contributed by atoms with Gasteiger partial charge in [-0.1, -0.05) is 13.8 Å². The third-order valence-electron chi connectivity index (χ3n) is 4.71. The molecule has 4 amide bonds. The van der Waals surface area contributed by atoms with Gasteiger partial charge in [0, 0.05) is 13.0 Å². The van der Waals surface area contributed by atoms with Crippen LogP contribution in [-0.2, 0) is 24.0 Å². The molecule has 0 bridgehead atoms. The lowest BCUT2D eigenvalue weighted by molar-refractivity contribution is -0.142. The first kappa shape index (κ1) is 30.5. The minimum absolute atomic E-state index is 0.0171. The number of amides is 4. The zero-order chi connectivity index (χ0) is 26.4. The van der Waals surface area contributed by atoms with Crippen LogP contribution < -0.4 is 38.9 Å². The second kappa shape index (κ2) is 15.4. The molecule has 194 valence electrons.